The number of carboxylic acid groups (broad SMARTS) is 1. The first-order chi connectivity index (χ1) is 9.47. The van der Waals surface area contributed by atoms with E-state index in [1.165, 1.54) is 0 Å². The molecule has 0 saturated heterocycles. The summed E-state index contributed by atoms with van der Waals surface area (Å²) < 4.78 is 0. The number of aromatic nitrogens is 1. The lowest BCUT2D eigenvalue weighted by molar-refractivity contribution is -0.135. The number of aliphatic carboxylic acids is 1. The van der Waals surface area contributed by atoms with Crippen molar-refractivity contribution in [3.63, 3.8) is 0 Å². The van der Waals surface area contributed by atoms with E-state index in [1.807, 2.05) is 36.1 Å². The Balaban J connectivity index is 2.45. The maximum absolute atomic E-state index is 11.1. The highest BCUT2D eigenvalue weighted by molar-refractivity contribution is 5.82. The minimum absolute atomic E-state index is 0.0235. The van der Waals surface area contributed by atoms with Crippen LogP contribution >= 0.6 is 0 Å². The molecule has 0 fully saturated rings. The molecule has 1 N–H and O–H groups in total. The molecule has 106 valence electrons. The van der Waals surface area contributed by atoms with Gasteiger partial charge in [-0.2, -0.15) is 0 Å². The Labute approximate surface area is 119 Å². The van der Waals surface area contributed by atoms with Crippen molar-refractivity contribution in [2.75, 3.05) is 18.0 Å². The van der Waals surface area contributed by atoms with Crippen molar-refractivity contribution >= 4 is 22.7 Å². The third-order valence-corrected chi connectivity index (χ3v) is 3.10. The summed E-state index contributed by atoms with van der Waals surface area (Å²) in [5.41, 5.74) is 1.90. The molecular weight excluding hydrogens is 252 g/mol. The third kappa shape index (κ3) is 3.26. The van der Waals surface area contributed by atoms with Crippen molar-refractivity contribution in [1.29, 1.82) is 0 Å². The van der Waals surface area contributed by atoms with Gasteiger partial charge in [0.25, 0.3) is 0 Å². The predicted molar refractivity (Wildman–Crippen MR) is 81.2 cm³/mol. The first-order valence-electron chi connectivity index (χ1n) is 6.80. The van der Waals surface area contributed by atoms with Crippen molar-refractivity contribution in [2.45, 2.75) is 20.8 Å². The smallest absolute Gasteiger partial charge is 0.323 e. The molecule has 1 heterocycles. The number of rotatable bonds is 5. The number of benzene rings is 1. The van der Waals surface area contributed by atoms with Crippen LogP contribution in [0.25, 0.3) is 10.9 Å². The Morgan fingerprint density at radius 2 is 2.05 bits per heavy atom. The van der Waals surface area contributed by atoms with E-state index in [-0.39, 0.29) is 6.54 Å². The van der Waals surface area contributed by atoms with Crippen LogP contribution in [0.15, 0.2) is 30.3 Å². The van der Waals surface area contributed by atoms with Gasteiger partial charge in [0, 0.05) is 11.9 Å². The second-order valence-corrected chi connectivity index (χ2v) is 5.49. The Morgan fingerprint density at radius 1 is 1.35 bits per heavy atom. The SMILES string of the molecule is Cc1cc2ccccc2nc1N(CC(=O)O)CC(C)C. The van der Waals surface area contributed by atoms with Crippen molar-refractivity contribution < 1.29 is 9.90 Å². The van der Waals surface area contributed by atoms with Crippen molar-refractivity contribution in [2.24, 2.45) is 5.92 Å². The number of para-hydroxylation sites is 1. The zero-order chi connectivity index (χ0) is 14.7. The molecule has 0 radical (unpaired) electrons. The lowest BCUT2D eigenvalue weighted by Gasteiger charge is -2.25. The summed E-state index contributed by atoms with van der Waals surface area (Å²) in [4.78, 5) is 17.6. The minimum Gasteiger partial charge on any atom is -0.480 e. The van der Waals surface area contributed by atoms with Crippen LogP contribution in [0.5, 0.6) is 0 Å². The number of hydrogen-bond acceptors (Lipinski definition) is 3. The molecule has 0 saturated carbocycles. The number of carboxylic acids is 1. The van der Waals surface area contributed by atoms with Crippen LogP contribution in [-0.2, 0) is 4.79 Å². The van der Waals surface area contributed by atoms with Crippen LogP contribution in [0.2, 0.25) is 0 Å². The zero-order valence-corrected chi connectivity index (χ0v) is 12.1. The van der Waals surface area contributed by atoms with Gasteiger partial charge in [0.2, 0.25) is 0 Å². The summed E-state index contributed by atoms with van der Waals surface area (Å²) in [6, 6.07) is 9.95. The van der Waals surface area contributed by atoms with Crippen LogP contribution in [0, 0.1) is 12.8 Å². The Kier molecular flexibility index (Phi) is 4.23. The number of nitrogens with zero attached hydrogens (tertiary/aromatic N) is 2. The molecule has 2 rings (SSSR count). The highest BCUT2D eigenvalue weighted by Crippen LogP contribution is 2.23. The lowest BCUT2D eigenvalue weighted by atomic mass is 10.1. The molecule has 1 aromatic heterocycles. The summed E-state index contributed by atoms with van der Waals surface area (Å²) in [5.74, 6) is 0.307. The standard InChI is InChI=1S/C16H20N2O2/c1-11(2)9-18(10-15(19)20)16-12(3)8-13-6-4-5-7-14(13)17-16/h4-8,11H,9-10H2,1-3H3,(H,19,20). The van der Waals surface area contributed by atoms with Gasteiger partial charge in [-0.15, -0.1) is 0 Å². The quantitative estimate of drug-likeness (QED) is 0.908. The monoisotopic (exact) mass is 272 g/mol. The maximum Gasteiger partial charge on any atom is 0.323 e. The fourth-order valence-electron chi connectivity index (χ4n) is 2.36. The van der Waals surface area contributed by atoms with E-state index in [4.69, 9.17) is 5.11 Å². The van der Waals surface area contributed by atoms with Crippen LogP contribution in [0.4, 0.5) is 5.82 Å². The second-order valence-electron chi connectivity index (χ2n) is 5.49. The van der Waals surface area contributed by atoms with Crippen LogP contribution < -0.4 is 4.90 Å². The minimum atomic E-state index is -0.833. The Morgan fingerprint density at radius 3 is 2.70 bits per heavy atom. The van der Waals surface area contributed by atoms with Crippen molar-refractivity contribution in [3.05, 3.63) is 35.9 Å². The molecule has 4 heteroatoms. The van der Waals surface area contributed by atoms with Gasteiger partial charge in [-0.05, 0) is 30.5 Å². The molecule has 0 aliphatic heterocycles. The highest BCUT2D eigenvalue weighted by atomic mass is 16.4. The molecule has 0 atom stereocenters. The van der Waals surface area contributed by atoms with Crippen LogP contribution in [0.1, 0.15) is 19.4 Å². The molecule has 1 aromatic carbocycles. The predicted octanol–water partition coefficient (Wildman–Crippen LogP) is 3.09. The highest BCUT2D eigenvalue weighted by Gasteiger charge is 2.16. The number of fused-ring (bicyclic) bond motifs is 1. The topological polar surface area (TPSA) is 53.4 Å². The fourth-order valence-corrected chi connectivity index (χ4v) is 2.36. The first-order valence-corrected chi connectivity index (χ1v) is 6.80. The van der Waals surface area contributed by atoms with E-state index < -0.39 is 5.97 Å². The van der Waals surface area contributed by atoms with Gasteiger partial charge in [-0.25, -0.2) is 4.98 Å². The summed E-state index contributed by atoms with van der Waals surface area (Å²) in [6.45, 7) is 6.78. The van der Waals surface area contributed by atoms with Gasteiger partial charge in [-0.1, -0.05) is 32.0 Å². The lowest BCUT2D eigenvalue weighted by Crippen LogP contribution is -2.34. The average Bonchev–Trinajstić information content (AvgIpc) is 2.36. The second kappa shape index (κ2) is 5.90. The number of aryl methyl sites for hydroxylation is 1. The number of carbonyl (C=O) groups is 1. The number of pyridine rings is 1. The summed E-state index contributed by atoms with van der Waals surface area (Å²) >= 11 is 0. The largest absolute Gasteiger partial charge is 0.480 e. The average molecular weight is 272 g/mol. The zero-order valence-electron chi connectivity index (χ0n) is 12.1. The summed E-state index contributed by atoms with van der Waals surface area (Å²) in [5, 5.41) is 10.2. The molecule has 0 aliphatic carbocycles. The van der Waals surface area contributed by atoms with Crippen molar-refractivity contribution in [1.82, 2.24) is 4.98 Å². The van der Waals surface area contributed by atoms with E-state index >= 15 is 0 Å². The Bertz CT molecular complexity index is 623. The third-order valence-electron chi connectivity index (χ3n) is 3.10. The molecule has 0 bridgehead atoms. The summed E-state index contributed by atoms with van der Waals surface area (Å²) in [7, 11) is 0. The number of hydrogen-bond donors (Lipinski definition) is 1. The number of anilines is 1. The molecule has 4 nitrogen and oxygen atoms in total. The van der Waals surface area contributed by atoms with E-state index in [9.17, 15) is 4.79 Å². The molecule has 0 amide bonds. The van der Waals surface area contributed by atoms with Gasteiger partial charge in [-0.3, -0.25) is 4.79 Å². The van der Waals surface area contributed by atoms with E-state index in [0.717, 1.165) is 22.3 Å². The van der Waals surface area contributed by atoms with Gasteiger partial charge >= 0.3 is 5.97 Å². The molecule has 20 heavy (non-hydrogen) atoms. The van der Waals surface area contributed by atoms with Gasteiger partial charge in [0.15, 0.2) is 0 Å². The normalized spacial score (nSPS) is 11.0. The first kappa shape index (κ1) is 14.3. The van der Waals surface area contributed by atoms with E-state index in [2.05, 4.69) is 24.9 Å². The Hall–Kier alpha value is -2.10. The molecule has 0 spiro atoms. The van der Waals surface area contributed by atoms with Gasteiger partial charge in [0.1, 0.15) is 12.4 Å². The van der Waals surface area contributed by atoms with Crippen LogP contribution in [0.3, 0.4) is 0 Å². The van der Waals surface area contributed by atoms with Gasteiger partial charge in [0.05, 0.1) is 5.52 Å². The van der Waals surface area contributed by atoms with E-state index in [1.54, 1.807) is 0 Å². The van der Waals surface area contributed by atoms with Gasteiger partial charge < -0.3 is 10.0 Å². The maximum atomic E-state index is 11.1. The van der Waals surface area contributed by atoms with E-state index in [0.29, 0.717) is 12.5 Å². The molecular formula is C16H20N2O2. The van der Waals surface area contributed by atoms with Crippen LogP contribution in [-0.4, -0.2) is 29.1 Å². The van der Waals surface area contributed by atoms with Crippen molar-refractivity contribution in [3.8, 4) is 0 Å². The molecule has 2 aromatic rings. The molecule has 0 unspecified atom stereocenters. The fraction of sp³-hybridized carbons (Fsp3) is 0.375. The summed E-state index contributed by atoms with van der Waals surface area (Å²) in [6.07, 6.45) is 0. The molecule has 0 aliphatic rings.